The lowest BCUT2D eigenvalue weighted by Crippen LogP contribution is -2.48. The fraction of sp³-hybridized carbons (Fsp3) is 0.533. The molecule has 1 aromatic rings. The number of benzene rings is 1. The van der Waals surface area contributed by atoms with Crippen LogP contribution in [-0.4, -0.2) is 42.8 Å². The first-order chi connectivity index (χ1) is 10.1. The molecule has 1 fully saturated rings. The van der Waals surface area contributed by atoms with Crippen LogP contribution in [-0.2, 0) is 4.79 Å². The van der Waals surface area contributed by atoms with Gasteiger partial charge in [0.05, 0.1) is 6.54 Å². The minimum atomic E-state index is -0.0174. The maximum absolute atomic E-state index is 12.2. The fourth-order valence-electron chi connectivity index (χ4n) is 2.85. The summed E-state index contributed by atoms with van der Waals surface area (Å²) >= 11 is 0. The lowest BCUT2D eigenvalue weighted by atomic mass is 9.99. The molecule has 0 aromatic heterocycles. The van der Waals surface area contributed by atoms with Gasteiger partial charge >= 0.3 is 0 Å². The van der Waals surface area contributed by atoms with E-state index in [-0.39, 0.29) is 18.7 Å². The minimum absolute atomic E-state index is 0.0174. The quantitative estimate of drug-likeness (QED) is 0.874. The number of nitrogens with zero attached hydrogens (tertiary/aromatic N) is 1. The van der Waals surface area contributed by atoms with Gasteiger partial charge in [0.15, 0.2) is 11.5 Å². The van der Waals surface area contributed by atoms with Crippen LogP contribution in [0.2, 0.25) is 0 Å². The van der Waals surface area contributed by atoms with Crippen LogP contribution in [0.1, 0.15) is 19.8 Å². The molecule has 0 saturated carbocycles. The molecule has 0 spiro atoms. The van der Waals surface area contributed by atoms with Gasteiger partial charge in [0, 0.05) is 30.4 Å². The number of piperidine rings is 1. The molecule has 114 valence electrons. The number of fused-ring (bicyclic) bond motifs is 1. The van der Waals surface area contributed by atoms with Gasteiger partial charge in [-0.2, -0.15) is 0 Å². The number of rotatable bonds is 3. The molecule has 0 radical (unpaired) electrons. The van der Waals surface area contributed by atoms with E-state index in [4.69, 9.17) is 15.2 Å². The summed E-state index contributed by atoms with van der Waals surface area (Å²) in [6.07, 6.45) is 1.89. The van der Waals surface area contributed by atoms with Crippen LogP contribution >= 0.6 is 0 Å². The second-order valence-electron chi connectivity index (χ2n) is 5.72. The number of anilines is 1. The first-order valence-corrected chi connectivity index (χ1v) is 7.31. The van der Waals surface area contributed by atoms with Crippen molar-refractivity contribution in [3.8, 4) is 11.5 Å². The Bertz CT molecular complexity index is 535. The van der Waals surface area contributed by atoms with Crippen molar-refractivity contribution in [3.05, 3.63) is 18.2 Å². The SMILES string of the molecule is CC1CC(N)CCN1CC(=O)Nc1ccc2c(c1)OCO2. The van der Waals surface area contributed by atoms with Crippen LogP contribution < -0.4 is 20.5 Å². The molecule has 2 unspecified atom stereocenters. The number of hydrogen-bond acceptors (Lipinski definition) is 5. The van der Waals surface area contributed by atoms with Crippen LogP contribution in [0.4, 0.5) is 5.69 Å². The Labute approximate surface area is 124 Å². The predicted molar refractivity (Wildman–Crippen MR) is 79.4 cm³/mol. The van der Waals surface area contributed by atoms with E-state index in [1.54, 1.807) is 12.1 Å². The second-order valence-corrected chi connectivity index (χ2v) is 5.72. The number of ether oxygens (including phenoxy) is 2. The Hall–Kier alpha value is -1.79. The van der Waals surface area contributed by atoms with Crippen LogP contribution in [0.3, 0.4) is 0 Å². The van der Waals surface area contributed by atoms with E-state index in [1.807, 2.05) is 6.07 Å². The third-order valence-electron chi connectivity index (χ3n) is 4.06. The van der Waals surface area contributed by atoms with Crippen molar-refractivity contribution in [3.63, 3.8) is 0 Å². The van der Waals surface area contributed by atoms with Crippen LogP contribution in [0.15, 0.2) is 18.2 Å². The van der Waals surface area contributed by atoms with E-state index < -0.39 is 0 Å². The number of carbonyl (C=O) groups excluding carboxylic acids is 1. The normalized spacial score (nSPS) is 24.9. The predicted octanol–water partition coefficient (Wildman–Crippen LogP) is 1.17. The number of nitrogens with two attached hydrogens (primary N) is 1. The highest BCUT2D eigenvalue weighted by molar-refractivity contribution is 5.92. The van der Waals surface area contributed by atoms with E-state index in [1.165, 1.54) is 0 Å². The van der Waals surface area contributed by atoms with Crippen LogP contribution in [0.25, 0.3) is 0 Å². The summed E-state index contributed by atoms with van der Waals surface area (Å²) in [7, 11) is 0. The summed E-state index contributed by atoms with van der Waals surface area (Å²) in [5.74, 6) is 1.37. The molecule has 3 rings (SSSR count). The first-order valence-electron chi connectivity index (χ1n) is 7.31. The number of likely N-dealkylation sites (tertiary alicyclic amines) is 1. The third kappa shape index (κ3) is 3.28. The summed E-state index contributed by atoms with van der Waals surface area (Å²) in [5.41, 5.74) is 6.67. The average Bonchev–Trinajstić information content (AvgIpc) is 2.89. The second kappa shape index (κ2) is 5.91. The number of carbonyl (C=O) groups is 1. The monoisotopic (exact) mass is 291 g/mol. The third-order valence-corrected chi connectivity index (χ3v) is 4.06. The molecular weight excluding hydrogens is 270 g/mol. The van der Waals surface area contributed by atoms with Gasteiger partial charge in [-0.25, -0.2) is 0 Å². The average molecular weight is 291 g/mol. The summed E-state index contributed by atoms with van der Waals surface area (Å²) < 4.78 is 10.6. The Morgan fingerprint density at radius 2 is 2.24 bits per heavy atom. The molecule has 2 heterocycles. The minimum Gasteiger partial charge on any atom is -0.454 e. The highest BCUT2D eigenvalue weighted by Crippen LogP contribution is 2.34. The van der Waals surface area contributed by atoms with Crippen molar-refractivity contribution < 1.29 is 14.3 Å². The molecule has 0 bridgehead atoms. The van der Waals surface area contributed by atoms with E-state index in [9.17, 15) is 4.79 Å². The van der Waals surface area contributed by atoms with Gasteiger partial charge in [-0.05, 0) is 31.9 Å². The van der Waals surface area contributed by atoms with Crippen molar-refractivity contribution in [2.75, 3.05) is 25.2 Å². The summed E-state index contributed by atoms with van der Waals surface area (Å²) in [6, 6.07) is 6.02. The van der Waals surface area contributed by atoms with E-state index in [0.29, 0.717) is 24.1 Å². The molecule has 0 aliphatic carbocycles. The van der Waals surface area contributed by atoms with Crippen molar-refractivity contribution in [1.29, 1.82) is 0 Å². The largest absolute Gasteiger partial charge is 0.454 e. The van der Waals surface area contributed by atoms with Gasteiger partial charge in [0.2, 0.25) is 12.7 Å². The zero-order chi connectivity index (χ0) is 14.8. The lowest BCUT2D eigenvalue weighted by molar-refractivity contribution is -0.118. The summed E-state index contributed by atoms with van der Waals surface area (Å²) in [4.78, 5) is 14.3. The fourth-order valence-corrected chi connectivity index (χ4v) is 2.85. The molecule has 1 saturated heterocycles. The summed E-state index contributed by atoms with van der Waals surface area (Å²) in [5, 5.41) is 2.90. The number of amides is 1. The van der Waals surface area contributed by atoms with Crippen molar-refractivity contribution >= 4 is 11.6 Å². The van der Waals surface area contributed by atoms with Gasteiger partial charge in [-0.15, -0.1) is 0 Å². The Balaban J connectivity index is 1.57. The lowest BCUT2D eigenvalue weighted by Gasteiger charge is -2.35. The number of nitrogens with one attached hydrogen (secondary N) is 1. The molecule has 6 heteroatoms. The molecular formula is C15H21N3O3. The van der Waals surface area contributed by atoms with Crippen LogP contribution in [0, 0.1) is 0 Å². The van der Waals surface area contributed by atoms with Crippen molar-refractivity contribution in [1.82, 2.24) is 4.90 Å². The molecule has 3 N–H and O–H groups in total. The zero-order valence-electron chi connectivity index (χ0n) is 12.2. The van der Waals surface area contributed by atoms with Gasteiger partial charge in [-0.1, -0.05) is 0 Å². The van der Waals surface area contributed by atoms with E-state index in [2.05, 4.69) is 17.1 Å². The smallest absolute Gasteiger partial charge is 0.238 e. The maximum atomic E-state index is 12.2. The maximum Gasteiger partial charge on any atom is 0.238 e. The molecule has 1 aromatic carbocycles. The Morgan fingerprint density at radius 3 is 3.05 bits per heavy atom. The van der Waals surface area contributed by atoms with E-state index in [0.717, 1.165) is 25.1 Å². The first kappa shape index (κ1) is 14.2. The van der Waals surface area contributed by atoms with Gasteiger partial charge in [-0.3, -0.25) is 9.69 Å². The Morgan fingerprint density at radius 1 is 1.43 bits per heavy atom. The highest BCUT2D eigenvalue weighted by atomic mass is 16.7. The highest BCUT2D eigenvalue weighted by Gasteiger charge is 2.24. The van der Waals surface area contributed by atoms with Crippen LogP contribution in [0.5, 0.6) is 11.5 Å². The molecule has 1 amide bonds. The molecule has 2 atom stereocenters. The zero-order valence-corrected chi connectivity index (χ0v) is 12.2. The molecule has 2 aliphatic rings. The standard InChI is InChI=1S/C15H21N3O3/c1-10-6-11(16)4-5-18(10)8-15(19)17-12-2-3-13-14(7-12)21-9-20-13/h2-3,7,10-11H,4-6,8-9,16H2,1H3,(H,17,19). The number of hydrogen-bond donors (Lipinski definition) is 2. The van der Waals surface area contributed by atoms with Gasteiger partial charge in [0.1, 0.15) is 0 Å². The van der Waals surface area contributed by atoms with Gasteiger partial charge < -0.3 is 20.5 Å². The summed E-state index contributed by atoms with van der Waals surface area (Å²) in [6.45, 7) is 3.62. The van der Waals surface area contributed by atoms with Crippen molar-refractivity contribution in [2.24, 2.45) is 5.73 Å². The molecule has 2 aliphatic heterocycles. The van der Waals surface area contributed by atoms with Gasteiger partial charge in [0.25, 0.3) is 0 Å². The topological polar surface area (TPSA) is 76.8 Å². The van der Waals surface area contributed by atoms with E-state index >= 15 is 0 Å². The van der Waals surface area contributed by atoms with Crippen molar-refractivity contribution in [2.45, 2.75) is 31.8 Å². The molecule has 6 nitrogen and oxygen atoms in total. The molecule has 21 heavy (non-hydrogen) atoms. The Kier molecular flexibility index (Phi) is 3.98.